The third-order valence-corrected chi connectivity index (χ3v) is 4.33. The van der Waals surface area contributed by atoms with Crippen molar-refractivity contribution in [3.63, 3.8) is 0 Å². The molecule has 4 nitrogen and oxygen atoms in total. The Morgan fingerprint density at radius 2 is 2.28 bits per heavy atom. The largest absolute Gasteiger partial charge is 0.369 e. The number of carbonyl (C=O) groups is 2. The monoisotopic (exact) mass is 266 g/mol. The molecule has 0 aliphatic carbocycles. The molecule has 0 radical (unpaired) electrons. The summed E-state index contributed by atoms with van der Waals surface area (Å²) in [6.45, 7) is 3.88. The lowest BCUT2D eigenvalue weighted by Gasteiger charge is -2.30. The first-order valence-corrected chi connectivity index (χ1v) is 6.99. The first-order valence-electron chi connectivity index (χ1n) is 6.17. The van der Waals surface area contributed by atoms with Crippen LogP contribution in [0.2, 0.25) is 0 Å². The standard InChI is InChI=1S/C13H18N2O2S/c1-9-4-5-12(18-9)11(16)8-15-6-2-3-10(7-15)13(14)17/h4-5,10H,2-3,6-8H2,1H3,(H2,14,17). The summed E-state index contributed by atoms with van der Waals surface area (Å²) in [4.78, 5) is 27.2. The number of rotatable bonds is 4. The predicted octanol–water partition coefficient (Wildman–Crippen LogP) is 1.44. The van der Waals surface area contributed by atoms with Gasteiger partial charge >= 0.3 is 0 Å². The molecule has 18 heavy (non-hydrogen) atoms. The minimum atomic E-state index is -0.251. The molecule has 1 aliphatic heterocycles. The summed E-state index contributed by atoms with van der Waals surface area (Å²) >= 11 is 1.52. The summed E-state index contributed by atoms with van der Waals surface area (Å²) in [6, 6.07) is 3.83. The van der Waals surface area contributed by atoms with Crippen molar-refractivity contribution in [2.75, 3.05) is 19.6 Å². The summed E-state index contributed by atoms with van der Waals surface area (Å²) < 4.78 is 0. The van der Waals surface area contributed by atoms with E-state index in [2.05, 4.69) is 0 Å². The number of hydrogen-bond acceptors (Lipinski definition) is 4. The quantitative estimate of drug-likeness (QED) is 0.839. The molecule has 1 aromatic heterocycles. The Hall–Kier alpha value is -1.20. The van der Waals surface area contributed by atoms with Crippen LogP contribution in [0.25, 0.3) is 0 Å². The SMILES string of the molecule is Cc1ccc(C(=O)CN2CCCC(C(N)=O)C2)s1. The second-order valence-corrected chi connectivity index (χ2v) is 6.10. The zero-order valence-corrected chi connectivity index (χ0v) is 11.3. The molecular weight excluding hydrogens is 248 g/mol. The van der Waals surface area contributed by atoms with Crippen LogP contribution in [0, 0.1) is 12.8 Å². The average Bonchev–Trinajstić information content (AvgIpc) is 2.76. The Bertz CT molecular complexity index is 456. The van der Waals surface area contributed by atoms with Gasteiger partial charge in [-0.05, 0) is 38.4 Å². The third kappa shape index (κ3) is 3.17. The number of nitrogens with zero attached hydrogens (tertiary/aromatic N) is 1. The van der Waals surface area contributed by atoms with E-state index in [-0.39, 0.29) is 17.6 Å². The van der Waals surface area contributed by atoms with Gasteiger partial charge in [0, 0.05) is 11.4 Å². The Morgan fingerprint density at radius 1 is 1.50 bits per heavy atom. The Labute approximate surface area is 111 Å². The fraction of sp³-hybridized carbons (Fsp3) is 0.538. The van der Waals surface area contributed by atoms with Crippen LogP contribution in [-0.4, -0.2) is 36.2 Å². The van der Waals surface area contributed by atoms with Gasteiger partial charge in [0.2, 0.25) is 5.91 Å². The van der Waals surface area contributed by atoms with Crippen LogP contribution in [0.5, 0.6) is 0 Å². The van der Waals surface area contributed by atoms with E-state index in [1.54, 1.807) is 0 Å². The van der Waals surface area contributed by atoms with E-state index in [4.69, 9.17) is 5.73 Å². The van der Waals surface area contributed by atoms with Gasteiger partial charge < -0.3 is 5.73 Å². The third-order valence-electron chi connectivity index (χ3n) is 3.29. The summed E-state index contributed by atoms with van der Waals surface area (Å²) in [7, 11) is 0. The highest BCUT2D eigenvalue weighted by molar-refractivity contribution is 7.14. The fourth-order valence-electron chi connectivity index (χ4n) is 2.30. The number of nitrogens with two attached hydrogens (primary N) is 1. The molecule has 2 N–H and O–H groups in total. The first kappa shape index (κ1) is 13.2. The highest BCUT2D eigenvalue weighted by Crippen LogP contribution is 2.19. The van der Waals surface area contributed by atoms with Crippen molar-refractivity contribution in [1.82, 2.24) is 4.90 Å². The zero-order chi connectivity index (χ0) is 13.1. The van der Waals surface area contributed by atoms with E-state index < -0.39 is 0 Å². The van der Waals surface area contributed by atoms with E-state index in [0.717, 1.165) is 29.1 Å². The number of carbonyl (C=O) groups excluding carboxylic acids is 2. The second-order valence-electron chi connectivity index (χ2n) is 4.81. The number of hydrogen-bond donors (Lipinski definition) is 1. The van der Waals surface area contributed by atoms with Gasteiger partial charge in [-0.3, -0.25) is 14.5 Å². The molecule has 2 rings (SSSR count). The van der Waals surface area contributed by atoms with Gasteiger partial charge in [0.1, 0.15) is 0 Å². The van der Waals surface area contributed by atoms with Crippen LogP contribution in [0.4, 0.5) is 0 Å². The van der Waals surface area contributed by atoms with Crippen LogP contribution in [-0.2, 0) is 4.79 Å². The molecule has 0 bridgehead atoms. The maximum atomic E-state index is 12.1. The van der Waals surface area contributed by atoms with Gasteiger partial charge in [-0.25, -0.2) is 0 Å². The normalized spacial score (nSPS) is 20.8. The van der Waals surface area contributed by atoms with Crippen LogP contribution in [0.15, 0.2) is 12.1 Å². The van der Waals surface area contributed by atoms with Crippen LogP contribution < -0.4 is 5.73 Å². The Balaban J connectivity index is 1.93. The molecule has 5 heteroatoms. The van der Waals surface area contributed by atoms with Gasteiger partial charge in [0.05, 0.1) is 17.3 Å². The van der Waals surface area contributed by atoms with E-state index in [1.165, 1.54) is 11.3 Å². The molecule has 0 saturated carbocycles. The lowest BCUT2D eigenvalue weighted by atomic mass is 9.97. The van der Waals surface area contributed by atoms with Gasteiger partial charge in [-0.1, -0.05) is 0 Å². The number of aryl methyl sites for hydroxylation is 1. The van der Waals surface area contributed by atoms with Crippen molar-refractivity contribution in [2.45, 2.75) is 19.8 Å². The highest BCUT2D eigenvalue weighted by Gasteiger charge is 2.25. The minimum absolute atomic E-state index is 0.100. The summed E-state index contributed by atoms with van der Waals surface area (Å²) in [5.74, 6) is -0.214. The lowest BCUT2D eigenvalue weighted by molar-refractivity contribution is -0.123. The second kappa shape index (κ2) is 5.63. The molecule has 98 valence electrons. The number of likely N-dealkylation sites (tertiary alicyclic amines) is 1. The molecule has 1 unspecified atom stereocenters. The molecule has 1 aliphatic rings. The summed E-state index contributed by atoms with van der Waals surface area (Å²) in [5, 5.41) is 0. The number of amides is 1. The first-order chi connectivity index (χ1) is 8.56. The fourth-order valence-corrected chi connectivity index (χ4v) is 3.09. The Morgan fingerprint density at radius 3 is 2.89 bits per heavy atom. The van der Waals surface area contributed by atoms with Crippen molar-refractivity contribution in [3.8, 4) is 0 Å². The smallest absolute Gasteiger partial charge is 0.221 e. The van der Waals surface area contributed by atoms with E-state index in [9.17, 15) is 9.59 Å². The number of piperidine rings is 1. The summed E-state index contributed by atoms with van der Waals surface area (Å²) in [5.41, 5.74) is 5.33. The van der Waals surface area contributed by atoms with Crippen LogP contribution >= 0.6 is 11.3 Å². The van der Waals surface area contributed by atoms with Crippen molar-refractivity contribution in [1.29, 1.82) is 0 Å². The topological polar surface area (TPSA) is 63.4 Å². The number of primary amides is 1. The Kier molecular flexibility index (Phi) is 4.14. The van der Waals surface area contributed by atoms with E-state index in [1.807, 2.05) is 24.0 Å². The van der Waals surface area contributed by atoms with Gasteiger partial charge in [0.25, 0.3) is 0 Å². The zero-order valence-electron chi connectivity index (χ0n) is 10.5. The van der Waals surface area contributed by atoms with Gasteiger partial charge in [0.15, 0.2) is 5.78 Å². The molecule has 1 atom stereocenters. The maximum absolute atomic E-state index is 12.1. The molecule has 2 heterocycles. The lowest BCUT2D eigenvalue weighted by Crippen LogP contribution is -2.43. The molecule has 1 aromatic rings. The molecule has 0 aromatic carbocycles. The van der Waals surface area contributed by atoms with Gasteiger partial charge in [-0.15, -0.1) is 11.3 Å². The van der Waals surface area contributed by atoms with Crippen LogP contribution in [0.3, 0.4) is 0 Å². The van der Waals surface area contributed by atoms with Crippen molar-refractivity contribution in [3.05, 3.63) is 21.9 Å². The molecule has 1 saturated heterocycles. The molecule has 1 amide bonds. The van der Waals surface area contributed by atoms with Gasteiger partial charge in [-0.2, -0.15) is 0 Å². The number of thiophene rings is 1. The van der Waals surface area contributed by atoms with Crippen molar-refractivity contribution in [2.24, 2.45) is 11.7 Å². The summed E-state index contributed by atoms with van der Waals surface area (Å²) in [6.07, 6.45) is 1.78. The molecule has 1 fully saturated rings. The van der Waals surface area contributed by atoms with Crippen molar-refractivity contribution < 1.29 is 9.59 Å². The minimum Gasteiger partial charge on any atom is -0.369 e. The predicted molar refractivity (Wildman–Crippen MR) is 71.7 cm³/mol. The number of Topliss-reactive ketones (excluding diaryl/α,β-unsaturated/α-hetero) is 1. The number of ketones is 1. The van der Waals surface area contributed by atoms with Crippen molar-refractivity contribution >= 4 is 23.0 Å². The van der Waals surface area contributed by atoms with Crippen LogP contribution in [0.1, 0.15) is 27.4 Å². The maximum Gasteiger partial charge on any atom is 0.221 e. The van der Waals surface area contributed by atoms with E-state index in [0.29, 0.717) is 13.1 Å². The van der Waals surface area contributed by atoms with E-state index >= 15 is 0 Å². The average molecular weight is 266 g/mol. The molecule has 0 spiro atoms. The highest BCUT2D eigenvalue weighted by atomic mass is 32.1. The molecular formula is C13H18N2O2S.